The van der Waals surface area contributed by atoms with Crippen LogP contribution in [0.4, 0.5) is 20.3 Å². The lowest BCUT2D eigenvalue weighted by molar-refractivity contribution is 0.615. The van der Waals surface area contributed by atoms with Gasteiger partial charge in [-0.1, -0.05) is 12.1 Å². The second-order valence-electron chi connectivity index (χ2n) is 3.39. The normalized spacial score (nSPS) is 10.4. The summed E-state index contributed by atoms with van der Waals surface area (Å²) >= 11 is 5.54. The summed E-state index contributed by atoms with van der Waals surface area (Å²) in [5.74, 6) is -1.34. The summed E-state index contributed by atoms with van der Waals surface area (Å²) in [6.45, 7) is 1.70. The molecule has 0 spiro atoms. The molecule has 1 aromatic heterocycles. The molecule has 2 rings (SSSR count). The van der Waals surface area contributed by atoms with Gasteiger partial charge in [-0.15, -0.1) is 0 Å². The highest BCUT2D eigenvalue weighted by molar-refractivity contribution is 6.28. The summed E-state index contributed by atoms with van der Waals surface area (Å²) < 4.78 is 26.9. The predicted molar refractivity (Wildman–Crippen MR) is 61.4 cm³/mol. The van der Waals surface area contributed by atoms with Crippen molar-refractivity contribution in [2.24, 2.45) is 0 Å². The van der Waals surface area contributed by atoms with E-state index < -0.39 is 11.6 Å². The van der Waals surface area contributed by atoms with Crippen molar-refractivity contribution in [2.75, 3.05) is 5.32 Å². The Morgan fingerprint density at radius 2 is 2.00 bits per heavy atom. The van der Waals surface area contributed by atoms with E-state index in [0.29, 0.717) is 5.56 Å². The number of benzene rings is 1. The molecule has 0 aliphatic heterocycles. The van der Waals surface area contributed by atoms with Gasteiger partial charge in [0.15, 0.2) is 11.6 Å². The van der Waals surface area contributed by atoms with Gasteiger partial charge in [-0.3, -0.25) is 0 Å². The van der Waals surface area contributed by atoms with Crippen LogP contribution in [0.2, 0.25) is 5.28 Å². The molecule has 0 atom stereocenters. The van der Waals surface area contributed by atoms with Crippen molar-refractivity contribution in [1.29, 1.82) is 0 Å². The second kappa shape index (κ2) is 4.63. The van der Waals surface area contributed by atoms with E-state index in [1.54, 1.807) is 19.1 Å². The maximum absolute atomic E-state index is 13.5. The van der Waals surface area contributed by atoms with Crippen LogP contribution in [-0.2, 0) is 0 Å². The average molecular weight is 256 g/mol. The highest BCUT2D eigenvalue weighted by Gasteiger charge is 2.10. The number of anilines is 2. The molecule has 0 unspecified atom stereocenters. The van der Waals surface area contributed by atoms with Gasteiger partial charge in [-0.2, -0.15) is 4.98 Å². The summed E-state index contributed by atoms with van der Waals surface area (Å²) in [5, 5.41) is 2.46. The molecule has 1 heterocycles. The molecule has 6 heteroatoms. The van der Waals surface area contributed by atoms with E-state index in [2.05, 4.69) is 15.3 Å². The average Bonchev–Trinajstić information content (AvgIpc) is 2.28. The molecule has 0 bridgehead atoms. The largest absolute Gasteiger partial charge is 0.335 e. The van der Waals surface area contributed by atoms with E-state index in [0.717, 1.165) is 6.20 Å². The van der Waals surface area contributed by atoms with E-state index in [1.807, 2.05) is 0 Å². The van der Waals surface area contributed by atoms with E-state index in [4.69, 9.17) is 11.6 Å². The molecule has 0 radical (unpaired) electrons. The number of nitrogens with one attached hydrogen (secondary N) is 1. The van der Waals surface area contributed by atoms with Crippen molar-refractivity contribution in [3.63, 3.8) is 0 Å². The molecular weight excluding hydrogens is 248 g/mol. The van der Waals surface area contributed by atoms with Crippen LogP contribution < -0.4 is 5.32 Å². The van der Waals surface area contributed by atoms with Crippen molar-refractivity contribution in [3.05, 3.63) is 46.9 Å². The predicted octanol–water partition coefficient (Wildman–Crippen LogP) is 3.46. The lowest BCUT2D eigenvalue weighted by Crippen LogP contribution is -2.02. The van der Waals surface area contributed by atoms with Crippen LogP contribution in [0.5, 0.6) is 0 Å². The number of halogens is 3. The molecule has 1 N–H and O–H groups in total. The molecule has 0 aliphatic carbocycles. The van der Waals surface area contributed by atoms with E-state index >= 15 is 0 Å². The van der Waals surface area contributed by atoms with Crippen LogP contribution in [0.1, 0.15) is 5.56 Å². The maximum Gasteiger partial charge on any atom is 0.224 e. The molecule has 17 heavy (non-hydrogen) atoms. The number of hydrogen-bond donors (Lipinski definition) is 1. The monoisotopic (exact) mass is 255 g/mol. The first-order chi connectivity index (χ1) is 8.08. The SMILES string of the molecule is Cc1cccc(F)c1Nc1nc(Cl)ncc1F. The van der Waals surface area contributed by atoms with Crippen molar-refractivity contribution >= 4 is 23.1 Å². The molecule has 0 saturated carbocycles. The first-order valence-electron chi connectivity index (χ1n) is 4.78. The van der Waals surface area contributed by atoms with Crippen LogP contribution in [0, 0.1) is 18.6 Å². The second-order valence-corrected chi connectivity index (χ2v) is 3.73. The fraction of sp³-hybridized carbons (Fsp3) is 0.0909. The van der Waals surface area contributed by atoms with Gasteiger partial charge in [0.25, 0.3) is 0 Å². The van der Waals surface area contributed by atoms with Gasteiger partial charge in [0.2, 0.25) is 5.28 Å². The highest BCUT2D eigenvalue weighted by atomic mass is 35.5. The zero-order valence-electron chi connectivity index (χ0n) is 8.84. The third-order valence-corrected chi connectivity index (χ3v) is 2.36. The molecule has 0 aliphatic rings. The van der Waals surface area contributed by atoms with Crippen LogP contribution in [-0.4, -0.2) is 9.97 Å². The summed E-state index contributed by atoms with van der Waals surface area (Å²) in [7, 11) is 0. The van der Waals surface area contributed by atoms with Gasteiger partial charge in [0.1, 0.15) is 5.82 Å². The third kappa shape index (κ3) is 2.50. The molecule has 88 valence electrons. The molecular formula is C11H8ClF2N3. The minimum atomic E-state index is -0.697. The Hall–Kier alpha value is -1.75. The standard InChI is InChI=1S/C11H8ClF2N3/c1-6-3-2-4-7(13)9(6)16-10-8(14)5-15-11(12)17-10/h2-5H,1H3,(H,15,16,17). The number of rotatable bonds is 2. The number of hydrogen-bond acceptors (Lipinski definition) is 3. The fourth-order valence-electron chi connectivity index (χ4n) is 1.34. The van der Waals surface area contributed by atoms with Crippen molar-refractivity contribution in [1.82, 2.24) is 9.97 Å². The minimum Gasteiger partial charge on any atom is -0.335 e. The van der Waals surface area contributed by atoms with Crippen molar-refractivity contribution < 1.29 is 8.78 Å². The third-order valence-electron chi connectivity index (χ3n) is 2.18. The summed E-state index contributed by atoms with van der Waals surface area (Å²) in [4.78, 5) is 7.12. The van der Waals surface area contributed by atoms with Crippen molar-refractivity contribution in [2.45, 2.75) is 6.92 Å². The van der Waals surface area contributed by atoms with Crippen LogP contribution in [0.15, 0.2) is 24.4 Å². The molecule has 3 nitrogen and oxygen atoms in total. The van der Waals surface area contributed by atoms with E-state index in [9.17, 15) is 8.78 Å². The quantitative estimate of drug-likeness (QED) is 0.835. The van der Waals surface area contributed by atoms with Gasteiger partial charge in [-0.05, 0) is 30.2 Å². The smallest absolute Gasteiger partial charge is 0.224 e. The Morgan fingerprint density at radius 3 is 2.71 bits per heavy atom. The van der Waals surface area contributed by atoms with Crippen LogP contribution >= 0.6 is 11.6 Å². The number of para-hydroxylation sites is 1. The van der Waals surface area contributed by atoms with Gasteiger partial charge in [-0.25, -0.2) is 13.8 Å². The van der Waals surface area contributed by atoms with E-state index in [-0.39, 0.29) is 16.8 Å². The number of aromatic nitrogens is 2. The van der Waals surface area contributed by atoms with Crippen molar-refractivity contribution in [3.8, 4) is 0 Å². The van der Waals surface area contributed by atoms with E-state index in [1.165, 1.54) is 6.07 Å². The Balaban J connectivity index is 2.41. The molecule has 2 aromatic rings. The summed E-state index contributed by atoms with van der Waals surface area (Å²) in [6, 6.07) is 4.54. The lowest BCUT2D eigenvalue weighted by atomic mass is 10.2. The maximum atomic E-state index is 13.5. The highest BCUT2D eigenvalue weighted by Crippen LogP contribution is 2.24. The molecule has 0 amide bonds. The molecule has 1 aromatic carbocycles. The van der Waals surface area contributed by atoms with Crippen LogP contribution in [0.3, 0.4) is 0 Å². The first-order valence-corrected chi connectivity index (χ1v) is 5.16. The summed E-state index contributed by atoms with van der Waals surface area (Å²) in [5.41, 5.74) is 0.806. The zero-order valence-corrected chi connectivity index (χ0v) is 9.59. The number of nitrogens with zero attached hydrogens (tertiary/aromatic N) is 2. The topological polar surface area (TPSA) is 37.8 Å². The van der Waals surface area contributed by atoms with Gasteiger partial charge in [0.05, 0.1) is 11.9 Å². The van der Waals surface area contributed by atoms with Gasteiger partial charge in [0, 0.05) is 0 Å². The Morgan fingerprint density at radius 1 is 1.24 bits per heavy atom. The Labute approximate surface area is 101 Å². The van der Waals surface area contributed by atoms with Gasteiger partial charge < -0.3 is 5.32 Å². The minimum absolute atomic E-state index is 0.108. The fourth-order valence-corrected chi connectivity index (χ4v) is 1.48. The Kier molecular flexibility index (Phi) is 3.19. The Bertz CT molecular complexity index is 540. The lowest BCUT2D eigenvalue weighted by Gasteiger charge is -2.10. The zero-order chi connectivity index (χ0) is 12.4. The van der Waals surface area contributed by atoms with Crippen LogP contribution in [0.25, 0.3) is 0 Å². The van der Waals surface area contributed by atoms with Gasteiger partial charge >= 0.3 is 0 Å². The molecule has 0 fully saturated rings. The summed E-state index contributed by atoms with van der Waals surface area (Å²) in [6.07, 6.45) is 0.924. The number of aryl methyl sites for hydroxylation is 1. The first kappa shape index (κ1) is 11.7. The molecule has 0 saturated heterocycles.